The van der Waals surface area contributed by atoms with Crippen LogP contribution in [0.15, 0.2) is 12.5 Å². The van der Waals surface area contributed by atoms with Gasteiger partial charge in [-0.05, 0) is 12.8 Å². The number of aromatic nitrogens is 2. The molecule has 17 heavy (non-hydrogen) atoms. The Morgan fingerprint density at radius 1 is 1.47 bits per heavy atom. The summed E-state index contributed by atoms with van der Waals surface area (Å²) < 4.78 is 0. The van der Waals surface area contributed by atoms with Crippen LogP contribution in [0.4, 0.5) is 0 Å². The molecule has 1 aromatic rings. The fourth-order valence-corrected chi connectivity index (χ4v) is 2.59. The van der Waals surface area contributed by atoms with Gasteiger partial charge < -0.3 is 15.2 Å². The smallest absolute Gasteiger partial charge is 0.246 e. The maximum absolute atomic E-state index is 12.2. The van der Waals surface area contributed by atoms with Gasteiger partial charge in [0, 0.05) is 24.9 Å². The van der Waals surface area contributed by atoms with Gasteiger partial charge in [-0.25, -0.2) is 4.98 Å². The average molecular weight is 234 g/mol. The molecule has 6 heteroatoms. The van der Waals surface area contributed by atoms with Crippen molar-refractivity contribution < 1.29 is 9.59 Å². The van der Waals surface area contributed by atoms with E-state index in [0.717, 1.165) is 18.5 Å². The maximum atomic E-state index is 12.2. The molecule has 0 radical (unpaired) electrons. The van der Waals surface area contributed by atoms with E-state index in [0.29, 0.717) is 13.0 Å². The van der Waals surface area contributed by atoms with E-state index >= 15 is 0 Å². The van der Waals surface area contributed by atoms with E-state index in [2.05, 4.69) is 15.3 Å². The van der Waals surface area contributed by atoms with Crippen LogP contribution < -0.4 is 5.32 Å². The lowest BCUT2D eigenvalue weighted by Gasteiger charge is -2.34. The molecule has 2 fully saturated rings. The minimum Gasteiger partial charge on any atom is -0.348 e. The van der Waals surface area contributed by atoms with E-state index < -0.39 is 6.04 Å². The van der Waals surface area contributed by atoms with Crippen LogP contribution in [0, 0.1) is 0 Å². The van der Waals surface area contributed by atoms with Crippen molar-refractivity contribution in [2.75, 3.05) is 6.54 Å². The zero-order valence-corrected chi connectivity index (χ0v) is 9.35. The molecule has 6 nitrogen and oxygen atoms in total. The molecule has 2 aliphatic rings. The summed E-state index contributed by atoms with van der Waals surface area (Å²) in [5.74, 6) is 0.00770. The zero-order valence-electron chi connectivity index (χ0n) is 9.35. The van der Waals surface area contributed by atoms with Gasteiger partial charge in [-0.2, -0.15) is 0 Å². The first-order valence-electron chi connectivity index (χ1n) is 5.84. The summed E-state index contributed by atoms with van der Waals surface area (Å²) in [5.41, 5.74) is 0.862. The second-order valence-electron chi connectivity index (χ2n) is 4.53. The first-order valence-corrected chi connectivity index (χ1v) is 5.84. The number of imidazole rings is 1. The van der Waals surface area contributed by atoms with E-state index in [1.165, 1.54) is 0 Å². The topological polar surface area (TPSA) is 78.1 Å². The number of rotatable bonds is 2. The van der Waals surface area contributed by atoms with Gasteiger partial charge >= 0.3 is 0 Å². The number of H-pyrrole nitrogens is 1. The third-order valence-electron chi connectivity index (χ3n) is 3.43. The number of hydrogen-bond donors (Lipinski definition) is 2. The third-order valence-corrected chi connectivity index (χ3v) is 3.43. The van der Waals surface area contributed by atoms with Gasteiger partial charge in [0.2, 0.25) is 11.8 Å². The molecule has 0 aliphatic carbocycles. The van der Waals surface area contributed by atoms with Crippen molar-refractivity contribution in [1.29, 1.82) is 0 Å². The highest BCUT2D eigenvalue weighted by Gasteiger charge is 2.42. The van der Waals surface area contributed by atoms with Crippen LogP contribution in [0.5, 0.6) is 0 Å². The largest absolute Gasteiger partial charge is 0.348 e. The number of nitrogens with one attached hydrogen (secondary N) is 2. The molecule has 3 rings (SSSR count). The fraction of sp³-hybridized carbons (Fsp3) is 0.545. The summed E-state index contributed by atoms with van der Waals surface area (Å²) >= 11 is 0. The number of hydrogen-bond acceptors (Lipinski definition) is 3. The highest BCUT2D eigenvalue weighted by molar-refractivity contribution is 5.97. The molecule has 90 valence electrons. The molecule has 2 saturated heterocycles. The van der Waals surface area contributed by atoms with Crippen molar-refractivity contribution >= 4 is 11.8 Å². The van der Waals surface area contributed by atoms with Crippen LogP contribution in [0.2, 0.25) is 0 Å². The molecular formula is C11H14N4O2. The van der Waals surface area contributed by atoms with Crippen LogP contribution >= 0.6 is 0 Å². The minimum absolute atomic E-state index is 0.0217. The molecule has 0 unspecified atom stereocenters. The number of piperazine rings is 1. The SMILES string of the molecule is O=C1N[C@@H](Cc2cnc[nH]2)C(=O)N2CCC[C@H]12. The summed E-state index contributed by atoms with van der Waals surface area (Å²) in [7, 11) is 0. The van der Waals surface area contributed by atoms with Crippen molar-refractivity contribution in [3.63, 3.8) is 0 Å². The number of fused-ring (bicyclic) bond motifs is 1. The first kappa shape index (κ1) is 10.3. The van der Waals surface area contributed by atoms with Crippen molar-refractivity contribution in [1.82, 2.24) is 20.2 Å². The van der Waals surface area contributed by atoms with E-state index in [4.69, 9.17) is 0 Å². The Morgan fingerprint density at radius 2 is 2.35 bits per heavy atom. The predicted molar refractivity (Wildman–Crippen MR) is 59.0 cm³/mol. The van der Waals surface area contributed by atoms with Gasteiger partial charge in [-0.15, -0.1) is 0 Å². The summed E-state index contributed by atoms with van der Waals surface area (Å²) in [6, 6.07) is -0.683. The summed E-state index contributed by atoms with van der Waals surface area (Å²) in [5, 5.41) is 2.80. The van der Waals surface area contributed by atoms with E-state index in [1.54, 1.807) is 17.4 Å². The van der Waals surface area contributed by atoms with Gasteiger partial charge in [0.1, 0.15) is 12.1 Å². The van der Waals surface area contributed by atoms with Gasteiger partial charge in [0.15, 0.2) is 0 Å². The molecule has 2 N–H and O–H groups in total. The van der Waals surface area contributed by atoms with Gasteiger partial charge in [0.05, 0.1) is 6.33 Å². The first-order chi connectivity index (χ1) is 8.25. The summed E-state index contributed by atoms with van der Waals surface area (Å²) in [6.07, 6.45) is 5.43. The van der Waals surface area contributed by atoms with Crippen molar-refractivity contribution in [3.05, 3.63) is 18.2 Å². The fourth-order valence-electron chi connectivity index (χ4n) is 2.59. The molecule has 1 aromatic heterocycles. The summed E-state index contributed by atoms with van der Waals surface area (Å²) in [6.45, 7) is 0.705. The molecule has 0 spiro atoms. The van der Waals surface area contributed by atoms with Crippen LogP contribution in [-0.4, -0.2) is 45.3 Å². The monoisotopic (exact) mass is 234 g/mol. The number of carbonyl (C=O) groups is 2. The number of amides is 2. The number of carbonyl (C=O) groups excluding carboxylic acids is 2. The molecule has 0 bridgehead atoms. The quantitative estimate of drug-likeness (QED) is 0.720. The maximum Gasteiger partial charge on any atom is 0.246 e. The Bertz CT molecular complexity index is 442. The van der Waals surface area contributed by atoms with Gasteiger partial charge in [-0.3, -0.25) is 9.59 Å². The average Bonchev–Trinajstić information content (AvgIpc) is 2.96. The molecule has 2 atom stereocenters. The van der Waals surface area contributed by atoms with Crippen LogP contribution in [0.1, 0.15) is 18.5 Å². The molecule has 0 aromatic carbocycles. The standard InChI is InChI=1S/C11H14N4O2/c16-10-9-2-1-3-15(9)11(17)8(14-10)4-7-5-12-6-13-7/h5-6,8-9H,1-4H2,(H,12,13)(H,14,16)/t8-,9+/m0/s1. The lowest BCUT2D eigenvalue weighted by molar-refractivity contribution is -0.147. The molecule has 3 heterocycles. The summed E-state index contributed by atoms with van der Waals surface area (Å²) in [4.78, 5) is 32.5. The van der Waals surface area contributed by atoms with E-state index in [1.807, 2.05) is 0 Å². The lowest BCUT2D eigenvalue weighted by atomic mass is 10.0. The van der Waals surface area contributed by atoms with E-state index in [9.17, 15) is 9.59 Å². The molecular weight excluding hydrogens is 220 g/mol. The number of aromatic amines is 1. The van der Waals surface area contributed by atoms with Crippen LogP contribution in [0.3, 0.4) is 0 Å². The van der Waals surface area contributed by atoms with E-state index in [-0.39, 0.29) is 17.9 Å². The molecule has 0 saturated carbocycles. The molecule has 2 aliphatic heterocycles. The van der Waals surface area contributed by atoms with Crippen LogP contribution in [-0.2, 0) is 16.0 Å². The highest BCUT2D eigenvalue weighted by atomic mass is 16.2. The number of nitrogens with zero attached hydrogens (tertiary/aromatic N) is 2. The predicted octanol–water partition coefficient (Wildman–Crippen LogP) is -0.558. The minimum atomic E-state index is -0.447. The lowest BCUT2D eigenvalue weighted by Crippen LogP contribution is -2.61. The van der Waals surface area contributed by atoms with Crippen molar-refractivity contribution in [2.24, 2.45) is 0 Å². The second-order valence-corrected chi connectivity index (χ2v) is 4.53. The Morgan fingerprint density at radius 3 is 3.12 bits per heavy atom. The highest BCUT2D eigenvalue weighted by Crippen LogP contribution is 2.22. The Balaban J connectivity index is 1.77. The van der Waals surface area contributed by atoms with Crippen molar-refractivity contribution in [2.45, 2.75) is 31.3 Å². The third kappa shape index (κ3) is 1.69. The Labute approximate surface area is 98.4 Å². The van der Waals surface area contributed by atoms with Crippen LogP contribution in [0.25, 0.3) is 0 Å². The van der Waals surface area contributed by atoms with Crippen molar-refractivity contribution in [3.8, 4) is 0 Å². The second kappa shape index (κ2) is 3.87. The Hall–Kier alpha value is -1.85. The molecule has 2 amide bonds. The zero-order chi connectivity index (χ0) is 11.8. The Kier molecular flexibility index (Phi) is 2.35. The van der Waals surface area contributed by atoms with Gasteiger partial charge in [0.25, 0.3) is 0 Å². The van der Waals surface area contributed by atoms with Gasteiger partial charge in [-0.1, -0.05) is 0 Å². The normalized spacial score (nSPS) is 28.1.